The highest BCUT2D eigenvalue weighted by Gasteiger charge is 2.23. The van der Waals surface area contributed by atoms with Crippen LogP contribution in [0.25, 0.3) is 0 Å². The zero-order valence-electron chi connectivity index (χ0n) is 34.2. The number of aliphatic hydroxyl groups is 1. The molecule has 0 saturated heterocycles. The van der Waals surface area contributed by atoms with Crippen molar-refractivity contribution in [2.24, 2.45) is 0 Å². The van der Waals surface area contributed by atoms with Gasteiger partial charge in [-0.15, -0.1) is 0 Å². The average molecular weight is 753 g/mol. The number of phosphoric ester groups is 1. The average Bonchev–Trinajstić information content (AvgIpc) is 3.09. The van der Waals surface area contributed by atoms with Crippen LogP contribution in [0, 0.1) is 0 Å². The normalized spacial score (nSPS) is 15.0. The molecule has 0 aliphatic carbocycles. The number of carbonyl (C=O) groups is 1. The highest BCUT2D eigenvalue weighted by Crippen LogP contribution is 2.38. The number of hydrogen-bond donors (Lipinski definition) is 2. The Labute approximate surface area is 320 Å². The molecule has 9 heteroatoms. The van der Waals surface area contributed by atoms with Crippen molar-refractivity contribution in [3.8, 4) is 0 Å². The third-order valence-corrected chi connectivity index (χ3v) is 9.95. The smallest absolute Gasteiger partial charge is 0.268 e. The molecule has 52 heavy (non-hydrogen) atoms. The predicted octanol–water partition coefficient (Wildman–Crippen LogP) is 10.7. The standard InChI is InChI=1S/C43H81N2O6P/c1-6-8-10-12-14-16-18-20-21-22-23-25-27-29-31-33-35-37-43(47)44-41(40-51-52(48,49)50-39-38-45(3,4)5)42(46)36-34-32-30-28-26-24-19-17-15-13-11-9-7-2/h15,17,20-21,26,28,34,36,41-42,46H,6-14,16,18-19,22-25,27,29-33,35,37-40H2,1-5H3,(H-,44,47,48,49)/b17-15+,21-20-,28-26+,36-34+. The number of nitrogens with zero attached hydrogens (tertiary/aromatic N) is 1. The van der Waals surface area contributed by atoms with E-state index in [2.05, 4.69) is 55.6 Å². The van der Waals surface area contributed by atoms with E-state index in [-0.39, 0.29) is 12.5 Å². The lowest BCUT2D eigenvalue weighted by molar-refractivity contribution is -0.870. The Balaban J connectivity index is 4.52. The van der Waals surface area contributed by atoms with Crippen LogP contribution in [0.2, 0.25) is 0 Å². The van der Waals surface area contributed by atoms with Gasteiger partial charge in [0.25, 0.3) is 7.82 Å². The van der Waals surface area contributed by atoms with Gasteiger partial charge in [0.05, 0.1) is 39.9 Å². The van der Waals surface area contributed by atoms with Crippen LogP contribution in [0.15, 0.2) is 48.6 Å². The number of amides is 1. The van der Waals surface area contributed by atoms with Gasteiger partial charge < -0.3 is 28.8 Å². The molecule has 0 aromatic rings. The first-order chi connectivity index (χ1) is 25.0. The second kappa shape index (κ2) is 35.2. The molecule has 0 fully saturated rings. The largest absolute Gasteiger partial charge is 0.756 e. The fraction of sp³-hybridized carbons (Fsp3) is 0.791. The van der Waals surface area contributed by atoms with E-state index < -0.39 is 26.6 Å². The van der Waals surface area contributed by atoms with Crippen LogP contribution in [0.5, 0.6) is 0 Å². The number of aliphatic hydroxyl groups excluding tert-OH is 1. The van der Waals surface area contributed by atoms with Gasteiger partial charge in [0, 0.05) is 6.42 Å². The van der Waals surface area contributed by atoms with Crippen LogP contribution in [0.3, 0.4) is 0 Å². The number of allylic oxidation sites excluding steroid dienone is 7. The minimum atomic E-state index is -4.60. The van der Waals surface area contributed by atoms with Gasteiger partial charge in [0.2, 0.25) is 5.91 Å². The van der Waals surface area contributed by atoms with Crippen molar-refractivity contribution < 1.29 is 32.9 Å². The number of phosphoric acid groups is 1. The number of quaternary nitrogens is 1. The lowest BCUT2D eigenvalue weighted by Crippen LogP contribution is -2.45. The second-order valence-electron chi connectivity index (χ2n) is 15.3. The maximum absolute atomic E-state index is 12.8. The SMILES string of the molecule is CCCCC/C=C/CC/C=C/CC/C=C/C(O)C(COP(=O)([O-])OCC[N+](C)(C)C)NC(=O)CCCCCCCCC/C=C\CCCCCCCC. The molecule has 0 aliphatic heterocycles. The third kappa shape index (κ3) is 36.8. The first-order valence-electron chi connectivity index (χ1n) is 21.0. The molecule has 0 bridgehead atoms. The molecule has 0 spiro atoms. The summed E-state index contributed by atoms with van der Waals surface area (Å²) in [4.78, 5) is 25.2. The second-order valence-corrected chi connectivity index (χ2v) is 16.7. The van der Waals surface area contributed by atoms with Gasteiger partial charge in [-0.1, -0.05) is 140 Å². The molecule has 0 aromatic carbocycles. The number of likely N-dealkylation sites (N-methyl/N-ethyl adjacent to an activating group) is 1. The van der Waals surface area contributed by atoms with E-state index in [1.807, 2.05) is 27.2 Å². The van der Waals surface area contributed by atoms with E-state index in [1.54, 1.807) is 6.08 Å². The van der Waals surface area contributed by atoms with Crippen molar-refractivity contribution in [2.75, 3.05) is 40.9 Å². The van der Waals surface area contributed by atoms with Crippen LogP contribution in [0.4, 0.5) is 0 Å². The minimum absolute atomic E-state index is 0.0110. The van der Waals surface area contributed by atoms with Crippen LogP contribution >= 0.6 is 7.82 Å². The molecule has 0 radical (unpaired) electrons. The van der Waals surface area contributed by atoms with Crippen LogP contribution in [-0.4, -0.2) is 68.5 Å². The molecule has 3 atom stereocenters. The van der Waals surface area contributed by atoms with Crippen molar-refractivity contribution in [1.29, 1.82) is 0 Å². The Morgan fingerprint density at radius 2 is 1.08 bits per heavy atom. The summed E-state index contributed by atoms with van der Waals surface area (Å²) in [6.45, 7) is 4.55. The van der Waals surface area contributed by atoms with Gasteiger partial charge in [-0.2, -0.15) is 0 Å². The molecule has 0 rings (SSSR count). The summed E-state index contributed by atoms with van der Waals surface area (Å²) in [5, 5.41) is 13.7. The summed E-state index contributed by atoms with van der Waals surface area (Å²) < 4.78 is 23.1. The Morgan fingerprint density at radius 3 is 1.60 bits per heavy atom. The van der Waals surface area contributed by atoms with Gasteiger partial charge >= 0.3 is 0 Å². The molecule has 0 heterocycles. The number of hydrogen-bond acceptors (Lipinski definition) is 6. The maximum atomic E-state index is 12.8. The third-order valence-electron chi connectivity index (χ3n) is 8.99. The zero-order valence-corrected chi connectivity index (χ0v) is 35.1. The molecule has 0 aliphatic rings. The molecule has 1 amide bonds. The maximum Gasteiger partial charge on any atom is 0.268 e. The fourth-order valence-electron chi connectivity index (χ4n) is 5.59. The van der Waals surface area contributed by atoms with E-state index in [0.717, 1.165) is 51.4 Å². The first-order valence-corrected chi connectivity index (χ1v) is 22.5. The molecule has 8 nitrogen and oxygen atoms in total. The fourth-order valence-corrected chi connectivity index (χ4v) is 6.31. The molecular weight excluding hydrogens is 671 g/mol. The summed E-state index contributed by atoms with van der Waals surface area (Å²) >= 11 is 0. The van der Waals surface area contributed by atoms with Crippen molar-refractivity contribution in [1.82, 2.24) is 5.32 Å². The Kier molecular flexibility index (Phi) is 34.1. The van der Waals surface area contributed by atoms with E-state index in [9.17, 15) is 19.4 Å². The lowest BCUT2D eigenvalue weighted by atomic mass is 10.1. The molecule has 3 unspecified atom stereocenters. The molecule has 0 aromatic heterocycles. The molecular formula is C43H81N2O6P. The van der Waals surface area contributed by atoms with Gasteiger partial charge in [-0.05, 0) is 70.6 Å². The van der Waals surface area contributed by atoms with Gasteiger partial charge in [0.1, 0.15) is 13.2 Å². The minimum Gasteiger partial charge on any atom is -0.756 e. The Bertz CT molecular complexity index is 991. The number of rotatable bonds is 37. The zero-order chi connectivity index (χ0) is 38.6. The van der Waals surface area contributed by atoms with Crippen molar-refractivity contribution >= 4 is 13.7 Å². The van der Waals surface area contributed by atoms with Crippen LogP contribution in [0.1, 0.15) is 168 Å². The highest BCUT2D eigenvalue weighted by molar-refractivity contribution is 7.45. The monoisotopic (exact) mass is 753 g/mol. The van der Waals surface area contributed by atoms with E-state index in [1.165, 1.54) is 96.3 Å². The van der Waals surface area contributed by atoms with Crippen molar-refractivity contribution in [3.63, 3.8) is 0 Å². The van der Waals surface area contributed by atoms with Crippen LogP contribution in [-0.2, 0) is 18.4 Å². The van der Waals surface area contributed by atoms with E-state index in [4.69, 9.17) is 9.05 Å². The van der Waals surface area contributed by atoms with Crippen molar-refractivity contribution in [3.05, 3.63) is 48.6 Å². The molecule has 0 saturated carbocycles. The topological polar surface area (TPSA) is 108 Å². The summed E-state index contributed by atoms with van der Waals surface area (Å²) in [5.74, 6) is -0.220. The number of carbonyl (C=O) groups excluding carboxylic acids is 1. The van der Waals surface area contributed by atoms with Gasteiger partial charge in [0.15, 0.2) is 0 Å². The lowest BCUT2D eigenvalue weighted by Gasteiger charge is -2.29. The van der Waals surface area contributed by atoms with E-state index >= 15 is 0 Å². The Hall–Kier alpha value is -1.54. The summed E-state index contributed by atoms with van der Waals surface area (Å²) in [6, 6.07) is -0.910. The quantitative estimate of drug-likeness (QED) is 0.0283. The Morgan fingerprint density at radius 1 is 0.654 bits per heavy atom. The number of unbranched alkanes of at least 4 members (excludes halogenated alkanes) is 18. The van der Waals surface area contributed by atoms with Gasteiger partial charge in [-0.3, -0.25) is 9.36 Å². The van der Waals surface area contributed by atoms with Crippen LogP contribution < -0.4 is 10.2 Å². The molecule has 304 valence electrons. The summed E-state index contributed by atoms with van der Waals surface area (Å²) in [6.07, 6.45) is 43.0. The van der Waals surface area contributed by atoms with Crippen molar-refractivity contribution in [2.45, 2.75) is 180 Å². The summed E-state index contributed by atoms with van der Waals surface area (Å²) in [7, 11) is 1.22. The summed E-state index contributed by atoms with van der Waals surface area (Å²) in [5.41, 5.74) is 0. The first kappa shape index (κ1) is 50.5. The van der Waals surface area contributed by atoms with E-state index in [0.29, 0.717) is 17.4 Å². The highest BCUT2D eigenvalue weighted by atomic mass is 31.2. The molecule has 2 N–H and O–H groups in total. The predicted molar refractivity (Wildman–Crippen MR) is 219 cm³/mol. The van der Waals surface area contributed by atoms with Gasteiger partial charge in [-0.25, -0.2) is 0 Å². The number of nitrogens with one attached hydrogen (secondary N) is 1.